The third-order valence-corrected chi connectivity index (χ3v) is 6.44. The molecular weight excluding hydrogens is 515 g/mol. The lowest BCUT2D eigenvalue weighted by atomic mass is 10.0. The molecule has 13 heteroatoms. The highest BCUT2D eigenvalue weighted by Crippen LogP contribution is 2.37. The molecule has 1 aromatic carbocycles. The molecule has 1 aliphatic heterocycles. The Morgan fingerprint density at radius 2 is 1.97 bits per heavy atom. The first kappa shape index (κ1) is 26.4. The molecule has 3 N–H and O–H groups in total. The van der Waals surface area contributed by atoms with Crippen molar-refractivity contribution in [3.63, 3.8) is 0 Å². The summed E-state index contributed by atoms with van der Waals surface area (Å²) in [4.78, 5) is 31.9. The summed E-state index contributed by atoms with van der Waals surface area (Å²) in [5, 5.41) is 3.57. The number of halogens is 3. The second-order valence-corrected chi connectivity index (χ2v) is 9.23. The molecule has 0 radical (unpaired) electrons. The molecule has 3 aromatic heterocycles. The van der Waals surface area contributed by atoms with Crippen LogP contribution in [-0.4, -0.2) is 57.0 Å². The van der Waals surface area contributed by atoms with Crippen LogP contribution in [0.3, 0.4) is 0 Å². The second-order valence-electron chi connectivity index (χ2n) is 9.23. The van der Waals surface area contributed by atoms with E-state index < -0.39 is 17.9 Å². The average molecular weight is 542 g/mol. The van der Waals surface area contributed by atoms with Gasteiger partial charge < -0.3 is 25.1 Å². The number of rotatable bonds is 6. The summed E-state index contributed by atoms with van der Waals surface area (Å²) < 4.78 is 51.2. The van der Waals surface area contributed by atoms with Gasteiger partial charge in [-0.2, -0.15) is 13.2 Å². The first-order valence-corrected chi connectivity index (χ1v) is 12.3. The average Bonchev–Trinajstić information content (AvgIpc) is 3.37. The minimum absolute atomic E-state index is 0.00803. The Morgan fingerprint density at radius 1 is 1.21 bits per heavy atom. The number of alkyl halides is 3. The van der Waals surface area contributed by atoms with Crippen molar-refractivity contribution in [2.75, 3.05) is 25.5 Å². The summed E-state index contributed by atoms with van der Waals surface area (Å²) in [5.41, 5.74) is 5.48. The number of benzene rings is 1. The van der Waals surface area contributed by atoms with Gasteiger partial charge in [0.2, 0.25) is 11.8 Å². The van der Waals surface area contributed by atoms with Gasteiger partial charge in [-0.25, -0.2) is 19.9 Å². The van der Waals surface area contributed by atoms with Crippen LogP contribution < -0.4 is 15.8 Å². The number of aromatic nitrogens is 4. The smallest absolute Gasteiger partial charge is 0.433 e. The summed E-state index contributed by atoms with van der Waals surface area (Å²) in [7, 11) is 1.34. The zero-order valence-corrected chi connectivity index (χ0v) is 21.2. The number of likely N-dealkylation sites (tertiary alicyclic amines) is 1. The molecule has 1 saturated heterocycles. The number of methoxy groups -OCH3 is 1. The van der Waals surface area contributed by atoms with E-state index in [1.807, 2.05) is 0 Å². The summed E-state index contributed by atoms with van der Waals surface area (Å²) in [6.07, 6.45) is 0.222. The highest BCUT2D eigenvalue weighted by molar-refractivity contribution is 5.98. The van der Waals surface area contributed by atoms with Gasteiger partial charge in [0.1, 0.15) is 17.0 Å². The van der Waals surface area contributed by atoms with Crippen LogP contribution in [0.15, 0.2) is 47.1 Å². The van der Waals surface area contributed by atoms with E-state index >= 15 is 0 Å². The minimum Gasteiger partial charge on any atom is -0.494 e. The Labute approximate surface area is 221 Å². The number of hydrogen-bond acceptors (Lipinski definition) is 9. The minimum atomic E-state index is -4.63. The molecular formula is C26H26F3N7O3. The molecule has 1 fully saturated rings. The zero-order valence-electron chi connectivity index (χ0n) is 21.2. The summed E-state index contributed by atoms with van der Waals surface area (Å²) in [6, 6.07) is 6.24. The number of amides is 1. The maximum Gasteiger partial charge on any atom is 0.433 e. The SMILES string of the molecule is COc1ccc(-c2nc(C(=O)N3CCC[C@H](Nc4ncccn4)C3)c([C@H](C)N)o2)c2ccc(C(F)(F)F)nc12. The molecule has 10 nitrogen and oxygen atoms in total. The summed E-state index contributed by atoms with van der Waals surface area (Å²) in [5.74, 6) is 0.507. The molecule has 0 bridgehead atoms. The van der Waals surface area contributed by atoms with Crippen molar-refractivity contribution in [1.82, 2.24) is 24.8 Å². The molecule has 4 heterocycles. The Morgan fingerprint density at radius 3 is 2.67 bits per heavy atom. The van der Waals surface area contributed by atoms with Gasteiger partial charge in [0.25, 0.3) is 5.91 Å². The largest absolute Gasteiger partial charge is 0.494 e. The van der Waals surface area contributed by atoms with Crippen molar-refractivity contribution in [1.29, 1.82) is 0 Å². The van der Waals surface area contributed by atoms with Gasteiger partial charge in [-0.05, 0) is 50.1 Å². The Hall–Kier alpha value is -4.26. The molecule has 1 aliphatic rings. The quantitative estimate of drug-likeness (QED) is 0.363. The van der Waals surface area contributed by atoms with Gasteiger partial charge in [0, 0.05) is 42.5 Å². The number of anilines is 1. The third-order valence-electron chi connectivity index (χ3n) is 6.44. The van der Waals surface area contributed by atoms with E-state index in [0.29, 0.717) is 30.0 Å². The molecule has 4 aromatic rings. The third kappa shape index (κ3) is 5.35. The highest BCUT2D eigenvalue weighted by Gasteiger charge is 2.34. The first-order valence-electron chi connectivity index (χ1n) is 12.3. The second kappa shape index (κ2) is 10.5. The molecule has 2 atom stereocenters. The summed E-state index contributed by atoms with van der Waals surface area (Å²) in [6.45, 7) is 2.58. The molecule has 0 unspecified atom stereocenters. The topological polar surface area (TPSA) is 132 Å². The van der Waals surface area contributed by atoms with E-state index in [9.17, 15) is 18.0 Å². The Kier molecular flexibility index (Phi) is 7.08. The number of fused-ring (bicyclic) bond motifs is 1. The standard InChI is InChI=1S/C26H26F3N7O3/c1-14(30)22-21(24(37)36-12-3-5-15(13-36)33-25-31-10-4-11-32-25)35-23(39-22)17-6-8-18(38-2)20-16(17)7-9-19(34-20)26(27,28)29/h4,6-11,14-15H,3,5,12-13,30H2,1-2H3,(H,31,32,33)/t14-,15-/m0/s1. The van der Waals surface area contributed by atoms with Crippen LogP contribution >= 0.6 is 0 Å². The zero-order chi connectivity index (χ0) is 27.7. The fourth-order valence-electron chi connectivity index (χ4n) is 4.60. The maximum absolute atomic E-state index is 13.6. The number of hydrogen-bond donors (Lipinski definition) is 2. The van der Waals surface area contributed by atoms with Crippen LogP contribution in [0.1, 0.15) is 47.7 Å². The number of ether oxygens (including phenoxy) is 1. The van der Waals surface area contributed by atoms with Crippen LogP contribution in [-0.2, 0) is 6.18 Å². The Bertz CT molecular complexity index is 1490. The number of oxazole rings is 1. The number of nitrogens with one attached hydrogen (secondary N) is 1. The maximum atomic E-state index is 13.6. The fraction of sp³-hybridized carbons (Fsp3) is 0.346. The van der Waals surface area contributed by atoms with Crippen molar-refractivity contribution in [2.24, 2.45) is 5.73 Å². The highest BCUT2D eigenvalue weighted by atomic mass is 19.4. The van der Waals surface area contributed by atoms with Gasteiger partial charge in [0.15, 0.2) is 11.5 Å². The van der Waals surface area contributed by atoms with E-state index in [0.717, 1.165) is 18.9 Å². The number of piperidine rings is 1. The molecule has 0 saturated carbocycles. The monoisotopic (exact) mass is 541 g/mol. The number of pyridine rings is 1. The van der Waals surface area contributed by atoms with E-state index in [-0.39, 0.29) is 40.6 Å². The van der Waals surface area contributed by atoms with E-state index in [4.69, 9.17) is 14.9 Å². The number of nitrogens with two attached hydrogens (primary N) is 1. The van der Waals surface area contributed by atoms with E-state index in [1.54, 1.807) is 36.4 Å². The number of carbonyl (C=O) groups excluding carboxylic acids is 1. The van der Waals surface area contributed by atoms with Gasteiger partial charge in [0.05, 0.1) is 13.2 Å². The van der Waals surface area contributed by atoms with E-state index in [1.165, 1.54) is 19.2 Å². The van der Waals surface area contributed by atoms with Crippen molar-refractivity contribution >= 4 is 22.8 Å². The number of carbonyl (C=O) groups is 1. The normalized spacial score (nSPS) is 16.8. The predicted molar refractivity (Wildman–Crippen MR) is 136 cm³/mol. The van der Waals surface area contributed by atoms with E-state index in [2.05, 4.69) is 25.3 Å². The summed E-state index contributed by atoms with van der Waals surface area (Å²) >= 11 is 0. The van der Waals surface area contributed by atoms with Crippen LogP contribution in [0.2, 0.25) is 0 Å². The first-order chi connectivity index (χ1) is 18.7. The van der Waals surface area contributed by atoms with Crippen LogP contribution in [0.5, 0.6) is 5.75 Å². The van der Waals surface area contributed by atoms with Crippen molar-refractivity contribution in [2.45, 2.75) is 38.0 Å². The molecule has 0 aliphatic carbocycles. The lowest BCUT2D eigenvalue weighted by Crippen LogP contribution is -2.45. The van der Waals surface area contributed by atoms with Gasteiger partial charge in [-0.15, -0.1) is 0 Å². The number of nitrogens with zero attached hydrogens (tertiary/aromatic N) is 5. The Balaban J connectivity index is 1.49. The lowest BCUT2D eigenvalue weighted by molar-refractivity contribution is -0.140. The fourth-order valence-corrected chi connectivity index (χ4v) is 4.60. The molecule has 39 heavy (non-hydrogen) atoms. The van der Waals surface area contributed by atoms with Gasteiger partial charge >= 0.3 is 6.18 Å². The molecule has 5 rings (SSSR count). The predicted octanol–water partition coefficient (Wildman–Crippen LogP) is 4.44. The molecule has 204 valence electrons. The van der Waals surface area contributed by atoms with Gasteiger partial charge in [-0.3, -0.25) is 4.79 Å². The molecule has 0 spiro atoms. The van der Waals surface area contributed by atoms with Crippen molar-refractivity contribution < 1.29 is 27.1 Å². The van der Waals surface area contributed by atoms with Crippen LogP contribution in [0, 0.1) is 0 Å². The van der Waals surface area contributed by atoms with Crippen LogP contribution in [0.25, 0.3) is 22.4 Å². The lowest BCUT2D eigenvalue weighted by Gasteiger charge is -2.32. The van der Waals surface area contributed by atoms with Crippen molar-refractivity contribution in [3.05, 3.63) is 59.9 Å². The van der Waals surface area contributed by atoms with Crippen molar-refractivity contribution in [3.8, 4) is 17.2 Å². The molecule has 1 amide bonds. The van der Waals surface area contributed by atoms with Gasteiger partial charge in [-0.1, -0.05) is 0 Å². The van der Waals surface area contributed by atoms with Crippen LogP contribution in [0.4, 0.5) is 19.1 Å².